The van der Waals surface area contributed by atoms with E-state index in [0.717, 1.165) is 31.2 Å². The highest BCUT2D eigenvalue weighted by molar-refractivity contribution is 6.34. The molecular formula is C20H25ClN4O3. The van der Waals surface area contributed by atoms with E-state index in [1.165, 1.54) is 0 Å². The topological polar surface area (TPSA) is 97.1 Å². The Hall–Kier alpha value is -2.41. The van der Waals surface area contributed by atoms with Gasteiger partial charge in [-0.15, -0.1) is 5.10 Å². The van der Waals surface area contributed by atoms with E-state index in [1.54, 1.807) is 30.8 Å². The van der Waals surface area contributed by atoms with Crippen LogP contribution in [-0.4, -0.2) is 38.0 Å². The molecule has 1 fully saturated rings. The van der Waals surface area contributed by atoms with Crippen molar-refractivity contribution in [1.29, 1.82) is 0 Å². The maximum atomic E-state index is 12.5. The van der Waals surface area contributed by atoms with Gasteiger partial charge in [0.05, 0.1) is 22.3 Å². The summed E-state index contributed by atoms with van der Waals surface area (Å²) in [5, 5.41) is 21.1. The molecule has 1 aromatic carbocycles. The number of aliphatic carboxylic acids is 1. The standard InChI is InChI=1S/C20H25ClN4O3/c1-12-5-4-6-15(17(12)21)18(26)22-13-7-9-14(10-8-13)25-11-16(23-24-25)20(2,3)19(27)28/h4-6,11,13-14H,7-10H2,1-3H3,(H,22,26)(H,27,28). The third-order valence-electron chi connectivity index (χ3n) is 5.53. The monoisotopic (exact) mass is 404 g/mol. The molecule has 28 heavy (non-hydrogen) atoms. The Balaban J connectivity index is 1.59. The minimum absolute atomic E-state index is 0.0822. The number of hydrogen-bond acceptors (Lipinski definition) is 4. The highest BCUT2D eigenvalue weighted by Crippen LogP contribution is 2.30. The van der Waals surface area contributed by atoms with Gasteiger partial charge in [-0.1, -0.05) is 28.9 Å². The number of nitrogens with one attached hydrogen (secondary N) is 1. The Kier molecular flexibility index (Phi) is 5.74. The van der Waals surface area contributed by atoms with E-state index in [1.807, 2.05) is 19.1 Å². The van der Waals surface area contributed by atoms with E-state index in [0.29, 0.717) is 16.3 Å². The molecular weight excluding hydrogens is 380 g/mol. The fraction of sp³-hybridized carbons (Fsp3) is 0.500. The van der Waals surface area contributed by atoms with E-state index in [9.17, 15) is 14.7 Å². The molecule has 1 heterocycles. The van der Waals surface area contributed by atoms with Crippen molar-refractivity contribution in [3.05, 3.63) is 46.2 Å². The smallest absolute Gasteiger partial charge is 0.315 e. The number of halogens is 1. The number of hydrogen-bond donors (Lipinski definition) is 2. The van der Waals surface area contributed by atoms with E-state index >= 15 is 0 Å². The van der Waals surface area contributed by atoms with E-state index in [4.69, 9.17) is 11.6 Å². The number of carboxylic acids is 1. The molecule has 8 heteroatoms. The van der Waals surface area contributed by atoms with Crippen molar-refractivity contribution in [3.8, 4) is 0 Å². The second-order valence-corrected chi connectivity index (χ2v) is 8.31. The van der Waals surface area contributed by atoms with Crippen LogP contribution in [0.3, 0.4) is 0 Å². The molecule has 3 rings (SSSR count). The van der Waals surface area contributed by atoms with Crippen LogP contribution in [0.15, 0.2) is 24.4 Å². The average molecular weight is 405 g/mol. The summed E-state index contributed by atoms with van der Waals surface area (Å²) >= 11 is 6.25. The van der Waals surface area contributed by atoms with Gasteiger partial charge in [0.15, 0.2) is 0 Å². The summed E-state index contributed by atoms with van der Waals surface area (Å²) in [7, 11) is 0. The molecule has 2 aromatic rings. The first-order valence-corrected chi connectivity index (χ1v) is 9.79. The van der Waals surface area contributed by atoms with Gasteiger partial charge >= 0.3 is 5.97 Å². The summed E-state index contributed by atoms with van der Waals surface area (Å²) in [5.74, 6) is -1.08. The van der Waals surface area contributed by atoms with Crippen molar-refractivity contribution >= 4 is 23.5 Å². The van der Waals surface area contributed by atoms with Crippen molar-refractivity contribution in [2.24, 2.45) is 0 Å². The van der Waals surface area contributed by atoms with E-state index in [-0.39, 0.29) is 18.0 Å². The van der Waals surface area contributed by atoms with Crippen LogP contribution in [0, 0.1) is 6.92 Å². The van der Waals surface area contributed by atoms with Crippen LogP contribution < -0.4 is 5.32 Å². The summed E-state index contributed by atoms with van der Waals surface area (Å²) in [4.78, 5) is 23.9. The summed E-state index contributed by atoms with van der Waals surface area (Å²) in [6.45, 7) is 5.11. The molecule has 7 nitrogen and oxygen atoms in total. The first-order chi connectivity index (χ1) is 13.2. The number of benzene rings is 1. The fourth-order valence-electron chi connectivity index (χ4n) is 3.42. The second-order valence-electron chi connectivity index (χ2n) is 7.93. The molecule has 1 amide bonds. The predicted octanol–water partition coefficient (Wildman–Crippen LogP) is 3.52. The van der Waals surface area contributed by atoms with Gasteiger partial charge in [0.25, 0.3) is 5.91 Å². The number of carbonyl (C=O) groups excluding carboxylic acids is 1. The van der Waals surface area contributed by atoms with Gasteiger partial charge in [-0.3, -0.25) is 9.59 Å². The minimum Gasteiger partial charge on any atom is -0.481 e. The molecule has 0 saturated heterocycles. The maximum Gasteiger partial charge on any atom is 0.315 e. The Morgan fingerprint density at radius 2 is 1.93 bits per heavy atom. The third kappa shape index (κ3) is 4.04. The number of aryl methyl sites for hydroxylation is 1. The first-order valence-electron chi connectivity index (χ1n) is 9.42. The third-order valence-corrected chi connectivity index (χ3v) is 6.03. The fourth-order valence-corrected chi connectivity index (χ4v) is 3.63. The van der Waals surface area contributed by atoms with Gasteiger partial charge in [-0.05, 0) is 58.1 Å². The molecule has 150 valence electrons. The molecule has 0 radical (unpaired) electrons. The number of carbonyl (C=O) groups is 2. The van der Waals surface area contributed by atoms with Crippen LogP contribution in [0.2, 0.25) is 5.02 Å². The number of rotatable bonds is 5. The van der Waals surface area contributed by atoms with Crippen molar-refractivity contribution in [1.82, 2.24) is 20.3 Å². The maximum absolute atomic E-state index is 12.5. The number of aromatic nitrogens is 3. The minimum atomic E-state index is -1.07. The molecule has 2 N–H and O–H groups in total. The van der Waals surface area contributed by atoms with Gasteiger partial charge in [0.2, 0.25) is 0 Å². The normalized spacial score (nSPS) is 20.0. The summed E-state index contributed by atoms with van der Waals surface area (Å²) in [6, 6.07) is 5.67. The second kappa shape index (κ2) is 7.91. The van der Waals surface area contributed by atoms with Crippen LogP contribution in [0.4, 0.5) is 0 Å². The zero-order valence-corrected chi connectivity index (χ0v) is 17.0. The van der Waals surface area contributed by atoms with E-state index in [2.05, 4.69) is 15.6 Å². The lowest BCUT2D eigenvalue weighted by molar-refractivity contribution is -0.142. The lowest BCUT2D eigenvalue weighted by Gasteiger charge is -2.29. The lowest BCUT2D eigenvalue weighted by atomic mass is 9.89. The molecule has 0 atom stereocenters. The summed E-state index contributed by atoms with van der Waals surface area (Å²) in [6.07, 6.45) is 5.03. The Bertz CT molecular complexity index is 885. The number of nitrogens with zero attached hydrogens (tertiary/aromatic N) is 3. The van der Waals surface area contributed by atoms with Gasteiger partial charge < -0.3 is 10.4 Å². The van der Waals surface area contributed by atoms with Crippen LogP contribution in [0.25, 0.3) is 0 Å². The summed E-state index contributed by atoms with van der Waals surface area (Å²) in [5.41, 5.74) is 0.755. The molecule has 1 saturated carbocycles. The summed E-state index contributed by atoms with van der Waals surface area (Å²) < 4.78 is 1.76. The van der Waals surface area contributed by atoms with Crippen LogP contribution in [-0.2, 0) is 10.2 Å². The molecule has 1 aliphatic rings. The van der Waals surface area contributed by atoms with Crippen molar-refractivity contribution in [2.75, 3.05) is 0 Å². The molecule has 0 unspecified atom stereocenters. The van der Waals surface area contributed by atoms with E-state index < -0.39 is 11.4 Å². The average Bonchev–Trinajstić information content (AvgIpc) is 3.15. The quantitative estimate of drug-likeness (QED) is 0.794. The Labute approximate surface area is 169 Å². The van der Waals surface area contributed by atoms with Gasteiger partial charge in [0, 0.05) is 12.2 Å². The zero-order valence-electron chi connectivity index (χ0n) is 16.3. The molecule has 0 bridgehead atoms. The highest BCUT2D eigenvalue weighted by Gasteiger charge is 2.34. The van der Waals surface area contributed by atoms with Crippen LogP contribution in [0.1, 0.15) is 67.2 Å². The van der Waals surface area contributed by atoms with Crippen molar-refractivity contribution < 1.29 is 14.7 Å². The van der Waals surface area contributed by atoms with Gasteiger partial charge in [-0.2, -0.15) is 0 Å². The Morgan fingerprint density at radius 3 is 2.57 bits per heavy atom. The largest absolute Gasteiger partial charge is 0.481 e. The van der Waals surface area contributed by atoms with Crippen LogP contribution in [0.5, 0.6) is 0 Å². The molecule has 1 aromatic heterocycles. The predicted molar refractivity (Wildman–Crippen MR) is 106 cm³/mol. The number of carboxylic acid groups (broad SMARTS) is 1. The SMILES string of the molecule is Cc1cccc(C(=O)NC2CCC(n3cc(C(C)(C)C(=O)O)nn3)CC2)c1Cl. The van der Waals surface area contributed by atoms with Crippen LogP contribution >= 0.6 is 11.6 Å². The lowest BCUT2D eigenvalue weighted by Crippen LogP contribution is -2.38. The van der Waals surface area contributed by atoms with Crippen molar-refractivity contribution in [2.45, 2.75) is 64.0 Å². The zero-order chi connectivity index (χ0) is 20.5. The van der Waals surface area contributed by atoms with Crippen molar-refractivity contribution in [3.63, 3.8) is 0 Å². The van der Waals surface area contributed by atoms with Gasteiger partial charge in [-0.25, -0.2) is 4.68 Å². The van der Waals surface area contributed by atoms with Gasteiger partial charge in [0.1, 0.15) is 5.41 Å². The Morgan fingerprint density at radius 1 is 1.25 bits per heavy atom. The first kappa shape index (κ1) is 20.3. The highest BCUT2D eigenvalue weighted by atomic mass is 35.5. The molecule has 0 spiro atoms. The molecule has 1 aliphatic carbocycles. The number of amides is 1. The molecule has 0 aliphatic heterocycles.